The van der Waals surface area contributed by atoms with Crippen LogP contribution in [0.1, 0.15) is 26.3 Å². The monoisotopic (exact) mass is 415 g/mol. The Morgan fingerprint density at radius 3 is 2.75 bits per heavy atom. The van der Waals surface area contributed by atoms with Gasteiger partial charge in [0, 0.05) is 17.0 Å². The molecule has 8 nitrogen and oxygen atoms in total. The highest BCUT2D eigenvalue weighted by Gasteiger charge is 2.49. The minimum atomic E-state index is -1.75. The number of benzene rings is 1. The number of ether oxygens (including phenoxy) is 1. The number of halogens is 3. The maximum atomic E-state index is 14.3. The standard InChI is InChI=1S/C17H20ClF2N5O3/c1-17(2,3)28-16(27)25-8-11(19)13(23-24-21)14(25)15(26)22-7-9-5-4-6-10(18)12(9)20/h4-6,11,13-14H,7-8H2,1-3H3,(H,22,26)/t11-,13+,14-/m0/s1. The molecule has 1 aromatic rings. The molecule has 0 aromatic heterocycles. The van der Waals surface area contributed by atoms with Crippen molar-refractivity contribution < 1.29 is 23.1 Å². The Kier molecular flexibility index (Phi) is 6.69. The molecule has 1 aromatic carbocycles. The highest BCUT2D eigenvalue weighted by Crippen LogP contribution is 2.27. The van der Waals surface area contributed by atoms with E-state index in [4.69, 9.17) is 21.9 Å². The number of alkyl halides is 1. The van der Waals surface area contributed by atoms with Gasteiger partial charge in [-0.3, -0.25) is 9.69 Å². The maximum Gasteiger partial charge on any atom is 0.411 e. The lowest BCUT2D eigenvalue weighted by atomic mass is 10.1. The van der Waals surface area contributed by atoms with E-state index in [9.17, 15) is 18.4 Å². The van der Waals surface area contributed by atoms with Gasteiger partial charge in [-0.1, -0.05) is 28.8 Å². The van der Waals surface area contributed by atoms with E-state index in [2.05, 4.69) is 15.3 Å². The highest BCUT2D eigenvalue weighted by atomic mass is 35.5. The van der Waals surface area contributed by atoms with E-state index in [0.717, 1.165) is 4.90 Å². The van der Waals surface area contributed by atoms with Crippen molar-refractivity contribution >= 4 is 23.6 Å². The van der Waals surface area contributed by atoms with Crippen molar-refractivity contribution in [2.45, 2.75) is 51.2 Å². The first-order valence-corrected chi connectivity index (χ1v) is 8.81. The minimum Gasteiger partial charge on any atom is -0.444 e. The van der Waals surface area contributed by atoms with Crippen molar-refractivity contribution in [2.75, 3.05) is 6.54 Å². The summed E-state index contributed by atoms with van der Waals surface area (Å²) in [6.45, 7) is 4.15. The van der Waals surface area contributed by atoms with Gasteiger partial charge in [-0.25, -0.2) is 13.6 Å². The molecule has 0 aliphatic carbocycles. The summed E-state index contributed by atoms with van der Waals surface area (Å²) in [6.07, 6.45) is -2.66. The number of azide groups is 1. The second-order valence-electron chi connectivity index (χ2n) is 7.22. The van der Waals surface area contributed by atoms with Crippen LogP contribution in [0.4, 0.5) is 13.6 Å². The zero-order valence-corrected chi connectivity index (χ0v) is 16.3. The van der Waals surface area contributed by atoms with Crippen molar-refractivity contribution in [1.29, 1.82) is 0 Å². The number of hydrogen-bond donors (Lipinski definition) is 1. The van der Waals surface area contributed by atoms with Crippen LogP contribution in [0.15, 0.2) is 23.3 Å². The molecule has 0 spiro atoms. The quantitative estimate of drug-likeness (QED) is 0.459. The summed E-state index contributed by atoms with van der Waals surface area (Å²) in [5.41, 5.74) is 7.93. The molecule has 1 aliphatic heterocycles. The molecule has 0 unspecified atom stereocenters. The molecule has 28 heavy (non-hydrogen) atoms. The van der Waals surface area contributed by atoms with Crippen LogP contribution in [-0.4, -0.2) is 47.3 Å². The average Bonchev–Trinajstić information content (AvgIpc) is 2.92. The van der Waals surface area contributed by atoms with Gasteiger partial charge in [0.05, 0.1) is 17.6 Å². The van der Waals surface area contributed by atoms with E-state index in [-0.39, 0.29) is 17.1 Å². The van der Waals surface area contributed by atoms with Gasteiger partial charge in [0.2, 0.25) is 5.91 Å². The Bertz CT molecular complexity index is 810. The van der Waals surface area contributed by atoms with Gasteiger partial charge in [-0.05, 0) is 32.4 Å². The van der Waals surface area contributed by atoms with Gasteiger partial charge in [0.15, 0.2) is 0 Å². The van der Waals surface area contributed by atoms with E-state index >= 15 is 0 Å². The predicted molar refractivity (Wildman–Crippen MR) is 97.8 cm³/mol. The Morgan fingerprint density at radius 1 is 1.46 bits per heavy atom. The van der Waals surface area contributed by atoms with Crippen LogP contribution in [0.3, 0.4) is 0 Å². The van der Waals surface area contributed by atoms with Gasteiger partial charge < -0.3 is 10.1 Å². The largest absolute Gasteiger partial charge is 0.444 e. The summed E-state index contributed by atoms with van der Waals surface area (Å²) in [4.78, 5) is 28.5. The summed E-state index contributed by atoms with van der Waals surface area (Å²) in [5.74, 6) is -1.50. The van der Waals surface area contributed by atoms with Crippen LogP contribution in [0.5, 0.6) is 0 Å². The molecule has 1 N–H and O–H groups in total. The molecule has 1 heterocycles. The Hall–Kier alpha value is -2.58. The third-order valence-corrected chi connectivity index (χ3v) is 4.26. The molecule has 1 fully saturated rings. The van der Waals surface area contributed by atoms with Gasteiger partial charge in [0.25, 0.3) is 0 Å². The summed E-state index contributed by atoms with van der Waals surface area (Å²) >= 11 is 5.70. The first-order valence-electron chi connectivity index (χ1n) is 8.43. The number of hydrogen-bond acceptors (Lipinski definition) is 4. The number of nitrogens with zero attached hydrogens (tertiary/aromatic N) is 4. The van der Waals surface area contributed by atoms with Gasteiger partial charge in [-0.2, -0.15) is 0 Å². The smallest absolute Gasteiger partial charge is 0.411 e. The molecule has 2 amide bonds. The van der Waals surface area contributed by atoms with Crippen molar-refractivity contribution in [3.63, 3.8) is 0 Å². The number of nitrogens with one attached hydrogen (secondary N) is 1. The molecule has 1 aliphatic rings. The summed E-state index contributed by atoms with van der Waals surface area (Å²) in [6, 6.07) is 1.43. The first kappa shape index (κ1) is 21.7. The second kappa shape index (κ2) is 8.62. The summed E-state index contributed by atoms with van der Waals surface area (Å²) < 4.78 is 33.5. The Balaban J connectivity index is 2.22. The molecule has 0 radical (unpaired) electrons. The van der Waals surface area contributed by atoms with Crippen LogP contribution in [0, 0.1) is 5.82 Å². The van der Waals surface area contributed by atoms with Gasteiger partial charge in [-0.15, -0.1) is 0 Å². The molecule has 11 heteroatoms. The number of carbonyl (C=O) groups is 2. The van der Waals surface area contributed by atoms with E-state index in [1.165, 1.54) is 18.2 Å². The fraction of sp³-hybridized carbons (Fsp3) is 0.529. The van der Waals surface area contributed by atoms with Crippen molar-refractivity contribution in [3.05, 3.63) is 45.0 Å². The molecular weight excluding hydrogens is 396 g/mol. The third kappa shape index (κ3) is 5.02. The SMILES string of the molecule is CC(C)(C)OC(=O)N1C[C@H](F)[C@@H](N=[N+]=[N-])[C@H]1C(=O)NCc1cccc(Cl)c1F. The zero-order valence-electron chi connectivity index (χ0n) is 15.5. The molecule has 152 valence electrons. The fourth-order valence-electron chi connectivity index (χ4n) is 2.76. The van der Waals surface area contributed by atoms with Crippen molar-refractivity contribution in [1.82, 2.24) is 10.2 Å². The van der Waals surface area contributed by atoms with Crippen LogP contribution < -0.4 is 5.32 Å². The third-order valence-electron chi connectivity index (χ3n) is 3.97. The lowest BCUT2D eigenvalue weighted by molar-refractivity contribution is -0.126. The lowest BCUT2D eigenvalue weighted by Crippen LogP contribution is -2.50. The summed E-state index contributed by atoms with van der Waals surface area (Å²) in [7, 11) is 0. The van der Waals surface area contributed by atoms with Crippen LogP contribution in [-0.2, 0) is 16.1 Å². The minimum absolute atomic E-state index is 0.111. The first-order chi connectivity index (χ1) is 13.0. The van der Waals surface area contributed by atoms with Crippen molar-refractivity contribution in [3.8, 4) is 0 Å². The Labute approximate surface area is 165 Å². The number of carbonyl (C=O) groups excluding carboxylic acids is 2. The molecule has 2 rings (SSSR count). The van der Waals surface area contributed by atoms with Gasteiger partial charge in [0.1, 0.15) is 23.6 Å². The van der Waals surface area contributed by atoms with Crippen LogP contribution >= 0.6 is 11.6 Å². The number of likely N-dealkylation sites (tertiary alicyclic amines) is 1. The molecule has 0 saturated carbocycles. The van der Waals surface area contributed by atoms with Crippen molar-refractivity contribution in [2.24, 2.45) is 5.11 Å². The van der Waals surface area contributed by atoms with E-state index in [1.54, 1.807) is 20.8 Å². The summed E-state index contributed by atoms with van der Waals surface area (Å²) in [5, 5.41) is 5.64. The molecule has 1 saturated heterocycles. The van der Waals surface area contributed by atoms with Gasteiger partial charge >= 0.3 is 6.09 Å². The normalized spacial score (nSPS) is 21.8. The van der Waals surface area contributed by atoms with Crippen LogP contribution in [0.2, 0.25) is 5.02 Å². The van der Waals surface area contributed by atoms with E-state index in [0.29, 0.717) is 0 Å². The molecular formula is C17H20ClF2N5O3. The predicted octanol–water partition coefficient (Wildman–Crippen LogP) is 3.73. The fourth-order valence-corrected chi connectivity index (χ4v) is 2.96. The highest BCUT2D eigenvalue weighted by molar-refractivity contribution is 6.30. The Morgan fingerprint density at radius 2 is 2.14 bits per heavy atom. The average molecular weight is 416 g/mol. The van der Waals surface area contributed by atoms with E-state index < -0.39 is 48.2 Å². The topological polar surface area (TPSA) is 107 Å². The number of amides is 2. The second-order valence-corrected chi connectivity index (χ2v) is 7.63. The van der Waals surface area contributed by atoms with E-state index in [1.807, 2.05) is 0 Å². The van der Waals surface area contributed by atoms with Crippen LogP contribution in [0.25, 0.3) is 10.4 Å². The molecule has 0 bridgehead atoms. The molecule has 3 atom stereocenters. The lowest BCUT2D eigenvalue weighted by Gasteiger charge is -2.28. The zero-order chi connectivity index (χ0) is 21.1. The number of rotatable bonds is 4. The maximum absolute atomic E-state index is 14.3.